The quantitative estimate of drug-likeness (QED) is 0.643. The van der Waals surface area contributed by atoms with Crippen molar-refractivity contribution in [1.29, 1.82) is 0 Å². The zero-order chi connectivity index (χ0) is 20.1. The van der Waals surface area contributed by atoms with Crippen molar-refractivity contribution in [2.24, 2.45) is 0 Å². The van der Waals surface area contributed by atoms with Gasteiger partial charge < -0.3 is 14.6 Å². The number of nitrogens with one attached hydrogen (secondary N) is 2. The van der Waals surface area contributed by atoms with Gasteiger partial charge in [-0.3, -0.25) is 10.1 Å². The van der Waals surface area contributed by atoms with Gasteiger partial charge in [0.1, 0.15) is 5.00 Å². The van der Waals surface area contributed by atoms with Crippen LogP contribution in [0.4, 0.5) is 10.5 Å². The average molecular weight is 397 g/mol. The van der Waals surface area contributed by atoms with Gasteiger partial charge >= 0.3 is 12.0 Å². The second-order valence-corrected chi connectivity index (χ2v) is 6.93. The third-order valence-corrected chi connectivity index (χ3v) is 4.86. The van der Waals surface area contributed by atoms with Crippen LogP contribution in [-0.2, 0) is 9.53 Å². The zero-order valence-electron chi connectivity index (χ0n) is 15.4. The summed E-state index contributed by atoms with van der Waals surface area (Å²) in [6, 6.07) is 13.6. The van der Waals surface area contributed by atoms with Crippen LogP contribution in [0.2, 0.25) is 0 Å². The van der Waals surface area contributed by atoms with Gasteiger partial charge in [0.15, 0.2) is 6.61 Å². The van der Waals surface area contributed by atoms with Gasteiger partial charge in [0.05, 0.1) is 5.56 Å². The summed E-state index contributed by atoms with van der Waals surface area (Å²) in [5.41, 5.74) is 2.90. The number of urea groups is 1. The summed E-state index contributed by atoms with van der Waals surface area (Å²) < 4.78 is 7.03. The number of aromatic nitrogens is 1. The van der Waals surface area contributed by atoms with E-state index >= 15 is 0 Å². The number of anilines is 1. The first-order chi connectivity index (χ1) is 13.5. The fourth-order valence-electron chi connectivity index (χ4n) is 2.67. The molecule has 0 bridgehead atoms. The number of hydrogen-bond donors (Lipinski definition) is 2. The zero-order valence-corrected chi connectivity index (χ0v) is 16.2. The summed E-state index contributed by atoms with van der Waals surface area (Å²) in [4.78, 5) is 36.1. The number of thiophene rings is 1. The number of nitrogens with zero attached hydrogens (tertiary/aromatic N) is 1. The van der Waals surface area contributed by atoms with E-state index in [-0.39, 0.29) is 0 Å². The molecular formula is C20H19N3O4S. The van der Waals surface area contributed by atoms with Crippen molar-refractivity contribution in [3.8, 4) is 5.00 Å². The lowest BCUT2D eigenvalue weighted by Crippen LogP contribution is -2.37. The Morgan fingerprint density at radius 2 is 1.68 bits per heavy atom. The fourth-order valence-corrected chi connectivity index (χ4v) is 3.68. The fraction of sp³-hybridized carbons (Fsp3) is 0.150. The normalized spacial score (nSPS) is 10.4. The van der Waals surface area contributed by atoms with Gasteiger partial charge in [-0.15, -0.1) is 11.3 Å². The van der Waals surface area contributed by atoms with E-state index in [1.54, 1.807) is 35.7 Å². The van der Waals surface area contributed by atoms with Crippen LogP contribution in [0.25, 0.3) is 5.00 Å². The second-order valence-electron chi connectivity index (χ2n) is 6.04. The molecule has 0 aliphatic rings. The first-order valence-corrected chi connectivity index (χ1v) is 9.39. The van der Waals surface area contributed by atoms with Crippen LogP contribution in [0.15, 0.2) is 53.9 Å². The molecule has 0 fully saturated rings. The number of esters is 1. The van der Waals surface area contributed by atoms with Gasteiger partial charge in [-0.25, -0.2) is 9.59 Å². The molecule has 1 aromatic carbocycles. The van der Waals surface area contributed by atoms with Gasteiger partial charge in [-0.2, -0.15) is 0 Å². The molecular weight excluding hydrogens is 378 g/mol. The number of amides is 3. The molecule has 0 radical (unpaired) electrons. The van der Waals surface area contributed by atoms with Crippen LogP contribution < -0.4 is 10.6 Å². The first kappa shape index (κ1) is 19.4. The Labute approximate surface area is 165 Å². The van der Waals surface area contributed by atoms with E-state index in [1.165, 1.54) is 11.3 Å². The lowest BCUT2D eigenvalue weighted by atomic mass is 10.3. The van der Waals surface area contributed by atoms with E-state index in [1.807, 2.05) is 36.6 Å². The molecule has 0 aliphatic carbocycles. The number of ether oxygens (including phenoxy) is 1. The third kappa shape index (κ3) is 4.47. The molecule has 0 saturated carbocycles. The van der Waals surface area contributed by atoms with Gasteiger partial charge in [-0.1, -0.05) is 18.2 Å². The number of carbonyl (C=O) groups excluding carboxylic acids is 3. The number of aryl methyl sites for hydroxylation is 2. The second kappa shape index (κ2) is 8.53. The lowest BCUT2D eigenvalue weighted by Gasteiger charge is -2.10. The number of carbonyl (C=O) groups is 3. The summed E-state index contributed by atoms with van der Waals surface area (Å²) in [7, 11) is 0. The number of benzene rings is 1. The van der Waals surface area contributed by atoms with Gasteiger partial charge in [0, 0.05) is 17.1 Å². The topological polar surface area (TPSA) is 89.4 Å². The summed E-state index contributed by atoms with van der Waals surface area (Å²) in [5, 5.41) is 7.15. The lowest BCUT2D eigenvalue weighted by molar-refractivity contribution is -0.123. The molecule has 0 saturated heterocycles. The molecule has 3 aromatic rings. The number of hydrogen-bond acceptors (Lipinski definition) is 5. The maximum atomic E-state index is 12.4. The highest BCUT2D eigenvalue weighted by atomic mass is 32.1. The maximum Gasteiger partial charge on any atom is 0.341 e. The molecule has 0 spiro atoms. The minimum absolute atomic E-state index is 0.369. The molecule has 0 aliphatic heterocycles. The van der Waals surface area contributed by atoms with E-state index in [0.29, 0.717) is 11.3 Å². The Balaban J connectivity index is 1.57. The predicted molar refractivity (Wildman–Crippen MR) is 107 cm³/mol. The average Bonchev–Trinajstić information content (AvgIpc) is 3.26. The Morgan fingerprint density at radius 1 is 1.00 bits per heavy atom. The molecule has 28 heavy (non-hydrogen) atoms. The Hall–Kier alpha value is -3.39. The summed E-state index contributed by atoms with van der Waals surface area (Å²) in [6.07, 6.45) is 0. The number of rotatable bonds is 5. The van der Waals surface area contributed by atoms with Gasteiger partial charge in [0.2, 0.25) is 0 Å². The molecule has 3 amide bonds. The molecule has 0 atom stereocenters. The first-order valence-electron chi connectivity index (χ1n) is 8.51. The SMILES string of the molecule is Cc1ccc(C)n1-c1sccc1C(=O)OCC(=O)NC(=O)Nc1ccccc1. The summed E-state index contributed by atoms with van der Waals surface area (Å²) >= 11 is 1.41. The molecule has 0 unspecified atom stereocenters. The van der Waals surface area contributed by atoms with Crippen molar-refractivity contribution in [3.05, 3.63) is 70.9 Å². The maximum absolute atomic E-state index is 12.4. The summed E-state index contributed by atoms with van der Waals surface area (Å²) in [6.45, 7) is 3.33. The van der Waals surface area contributed by atoms with E-state index in [0.717, 1.165) is 16.4 Å². The van der Waals surface area contributed by atoms with Crippen molar-refractivity contribution >= 4 is 34.9 Å². The largest absolute Gasteiger partial charge is 0.452 e. The summed E-state index contributed by atoms with van der Waals surface area (Å²) in [5.74, 6) is -1.34. The molecule has 144 valence electrons. The van der Waals surface area contributed by atoms with Crippen LogP contribution >= 0.6 is 11.3 Å². The minimum Gasteiger partial charge on any atom is -0.452 e. The number of para-hydroxylation sites is 1. The van der Waals surface area contributed by atoms with E-state index < -0.39 is 24.5 Å². The van der Waals surface area contributed by atoms with E-state index in [9.17, 15) is 14.4 Å². The van der Waals surface area contributed by atoms with E-state index in [4.69, 9.17) is 4.74 Å². The molecule has 8 heteroatoms. The highest BCUT2D eigenvalue weighted by Gasteiger charge is 2.19. The van der Waals surface area contributed by atoms with Crippen LogP contribution in [0.1, 0.15) is 21.7 Å². The standard InChI is InChI=1S/C20H19N3O4S/c1-13-8-9-14(2)23(13)18-16(10-11-28-18)19(25)27-12-17(24)22-20(26)21-15-6-4-3-5-7-15/h3-11H,12H2,1-2H3,(H2,21,22,24,26). The predicted octanol–water partition coefficient (Wildman–Crippen LogP) is 3.66. The van der Waals surface area contributed by atoms with Gasteiger partial charge in [-0.05, 0) is 49.6 Å². The Morgan fingerprint density at radius 3 is 2.36 bits per heavy atom. The Bertz CT molecular complexity index is 988. The molecule has 2 N–H and O–H groups in total. The molecule has 7 nitrogen and oxygen atoms in total. The van der Waals surface area contributed by atoms with Crippen molar-refractivity contribution in [1.82, 2.24) is 9.88 Å². The smallest absolute Gasteiger partial charge is 0.341 e. The van der Waals surface area contributed by atoms with Crippen LogP contribution in [0.3, 0.4) is 0 Å². The van der Waals surface area contributed by atoms with E-state index in [2.05, 4.69) is 10.6 Å². The highest BCUT2D eigenvalue weighted by molar-refractivity contribution is 7.13. The van der Waals surface area contributed by atoms with Crippen LogP contribution in [0, 0.1) is 13.8 Å². The molecule has 2 heterocycles. The number of imide groups is 1. The highest BCUT2D eigenvalue weighted by Crippen LogP contribution is 2.26. The van der Waals surface area contributed by atoms with Crippen molar-refractivity contribution in [2.75, 3.05) is 11.9 Å². The third-order valence-electron chi connectivity index (χ3n) is 3.96. The van der Waals surface area contributed by atoms with Crippen molar-refractivity contribution in [2.45, 2.75) is 13.8 Å². The van der Waals surface area contributed by atoms with Crippen molar-refractivity contribution in [3.63, 3.8) is 0 Å². The minimum atomic E-state index is -0.716. The molecule has 3 rings (SSSR count). The van der Waals surface area contributed by atoms with Crippen LogP contribution in [0.5, 0.6) is 0 Å². The monoisotopic (exact) mass is 397 g/mol. The van der Waals surface area contributed by atoms with Crippen LogP contribution in [-0.4, -0.2) is 29.1 Å². The molecule has 2 aromatic heterocycles. The Kier molecular flexibility index (Phi) is 5.90. The van der Waals surface area contributed by atoms with Gasteiger partial charge in [0.25, 0.3) is 5.91 Å². The van der Waals surface area contributed by atoms with Crippen molar-refractivity contribution < 1.29 is 19.1 Å².